The number of amides is 1. The van der Waals surface area contributed by atoms with Gasteiger partial charge in [-0.25, -0.2) is 9.97 Å². The zero-order valence-corrected chi connectivity index (χ0v) is 18.2. The summed E-state index contributed by atoms with van der Waals surface area (Å²) in [5.74, 6) is 0.540. The van der Waals surface area contributed by atoms with Crippen LogP contribution in [-0.4, -0.2) is 33.9 Å². The van der Waals surface area contributed by atoms with Crippen LogP contribution >= 0.6 is 11.3 Å². The molecule has 0 bridgehead atoms. The minimum Gasteiger partial charge on any atom is -0.343 e. The lowest BCUT2D eigenvalue weighted by molar-refractivity contribution is -0.113. The van der Waals surface area contributed by atoms with Crippen LogP contribution in [0.15, 0.2) is 29.6 Å². The van der Waals surface area contributed by atoms with Gasteiger partial charge in [-0.1, -0.05) is 11.6 Å². The molecule has 2 aliphatic carbocycles. The van der Waals surface area contributed by atoms with Crippen LogP contribution in [-0.2, 0) is 11.2 Å². The average Bonchev–Trinajstić information content (AvgIpc) is 3.12. The van der Waals surface area contributed by atoms with Gasteiger partial charge in [-0.3, -0.25) is 9.78 Å². The summed E-state index contributed by atoms with van der Waals surface area (Å²) in [6.07, 6.45) is 14.0. The number of hydrogen-bond donors (Lipinski definition) is 1. The van der Waals surface area contributed by atoms with E-state index < -0.39 is 0 Å². The van der Waals surface area contributed by atoms with E-state index in [1.807, 2.05) is 6.20 Å². The van der Waals surface area contributed by atoms with Crippen molar-refractivity contribution >= 4 is 33.8 Å². The van der Waals surface area contributed by atoms with E-state index in [9.17, 15) is 4.79 Å². The number of aromatic nitrogens is 3. The Kier molecular flexibility index (Phi) is 5.37. The van der Waals surface area contributed by atoms with Crippen molar-refractivity contribution < 1.29 is 4.79 Å². The number of fused-ring (bicyclic) bond motifs is 2. The molecule has 7 heteroatoms. The minimum absolute atomic E-state index is 0.0274. The van der Waals surface area contributed by atoms with Crippen LogP contribution in [0.4, 0.5) is 10.9 Å². The van der Waals surface area contributed by atoms with Crippen molar-refractivity contribution in [1.29, 1.82) is 0 Å². The molecule has 6 nitrogen and oxygen atoms in total. The largest absolute Gasteiger partial charge is 0.343 e. The molecule has 0 atom stereocenters. The van der Waals surface area contributed by atoms with Crippen LogP contribution in [0.2, 0.25) is 0 Å². The summed E-state index contributed by atoms with van der Waals surface area (Å²) in [5, 5.41) is 4.06. The lowest BCUT2D eigenvalue weighted by atomic mass is 9.96. The number of aryl methyl sites for hydroxylation is 2. The van der Waals surface area contributed by atoms with Gasteiger partial charge in [0, 0.05) is 29.7 Å². The van der Waals surface area contributed by atoms with Gasteiger partial charge in [0.15, 0.2) is 10.9 Å². The summed E-state index contributed by atoms with van der Waals surface area (Å²) in [6.45, 7) is 3.95. The highest BCUT2D eigenvalue weighted by molar-refractivity contribution is 7.15. The molecule has 3 heterocycles. The summed E-state index contributed by atoms with van der Waals surface area (Å²) in [7, 11) is 0. The van der Waals surface area contributed by atoms with Crippen molar-refractivity contribution in [3.63, 3.8) is 0 Å². The molecule has 156 valence electrons. The molecule has 2 aromatic heterocycles. The fraction of sp³-hybridized carbons (Fsp3) is 0.478. The third-order valence-electron chi connectivity index (χ3n) is 6.19. The molecule has 3 aliphatic rings. The van der Waals surface area contributed by atoms with E-state index in [4.69, 9.17) is 9.97 Å². The summed E-state index contributed by atoms with van der Waals surface area (Å²) in [5.41, 5.74) is 5.71. The van der Waals surface area contributed by atoms with Crippen LogP contribution in [0.1, 0.15) is 61.2 Å². The van der Waals surface area contributed by atoms with Crippen molar-refractivity contribution in [2.75, 3.05) is 23.3 Å². The van der Waals surface area contributed by atoms with Gasteiger partial charge in [-0.2, -0.15) is 0 Å². The molecule has 5 rings (SSSR count). The number of nitrogens with one attached hydrogen (secondary N) is 1. The molecule has 2 aromatic rings. The fourth-order valence-electron chi connectivity index (χ4n) is 4.60. The molecule has 0 fully saturated rings. The maximum Gasteiger partial charge on any atom is 0.252 e. The van der Waals surface area contributed by atoms with Crippen LogP contribution in [0, 0.1) is 6.92 Å². The van der Waals surface area contributed by atoms with Gasteiger partial charge >= 0.3 is 0 Å². The molecule has 0 saturated heterocycles. The number of hydrogen-bond acceptors (Lipinski definition) is 6. The first kappa shape index (κ1) is 19.4. The normalized spacial score (nSPS) is 19.0. The van der Waals surface area contributed by atoms with Crippen LogP contribution < -0.4 is 10.2 Å². The molecule has 30 heavy (non-hydrogen) atoms. The molecule has 0 aromatic carbocycles. The maximum atomic E-state index is 12.6. The van der Waals surface area contributed by atoms with Crippen LogP contribution in [0.3, 0.4) is 0 Å². The summed E-state index contributed by atoms with van der Waals surface area (Å²) in [4.78, 5) is 30.4. The number of allylic oxidation sites excluding steroid dienone is 1. The number of carbonyl (C=O) groups is 1. The topological polar surface area (TPSA) is 71.0 Å². The summed E-state index contributed by atoms with van der Waals surface area (Å²) < 4.78 is 0. The molecule has 1 aliphatic heterocycles. The Bertz CT molecular complexity index is 1040. The zero-order chi connectivity index (χ0) is 20.5. The lowest BCUT2D eigenvalue weighted by Crippen LogP contribution is -2.31. The second kappa shape index (κ2) is 8.30. The van der Waals surface area contributed by atoms with Gasteiger partial charge in [0.2, 0.25) is 0 Å². The monoisotopic (exact) mass is 421 g/mol. The van der Waals surface area contributed by atoms with Crippen molar-refractivity contribution in [1.82, 2.24) is 15.0 Å². The molecule has 0 spiro atoms. The molecule has 0 saturated carbocycles. The van der Waals surface area contributed by atoms with Gasteiger partial charge in [0.25, 0.3) is 5.91 Å². The van der Waals surface area contributed by atoms with Crippen LogP contribution in [0.25, 0.3) is 5.57 Å². The summed E-state index contributed by atoms with van der Waals surface area (Å²) >= 11 is 1.75. The smallest absolute Gasteiger partial charge is 0.252 e. The van der Waals surface area contributed by atoms with Gasteiger partial charge in [-0.15, -0.1) is 11.3 Å². The van der Waals surface area contributed by atoms with Crippen molar-refractivity contribution in [2.24, 2.45) is 0 Å². The Morgan fingerprint density at radius 3 is 2.83 bits per heavy atom. The number of rotatable bonds is 3. The standard InChI is InChI=1S/C23H27N5OS/c1-15-12-25-23(30-15)28-11-10-16-8-5-9-19-21(18(16)14-28)24-13-20(26-19)27-22(29)17-6-3-2-4-7-17/h6,12-13H,2-5,7-11,14H2,1H3,(H,26,27,29). The van der Waals surface area contributed by atoms with E-state index in [1.54, 1.807) is 17.5 Å². The number of nitrogens with zero attached hydrogens (tertiary/aromatic N) is 4. The quantitative estimate of drug-likeness (QED) is 0.779. The first-order valence-electron chi connectivity index (χ1n) is 10.9. The summed E-state index contributed by atoms with van der Waals surface area (Å²) in [6, 6.07) is 0. The maximum absolute atomic E-state index is 12.6. The van der Waals surface area contributed by atoms with Crippen molar-refractivity contribution in [3.05, 3.63) is 45.9 Å². The van der Waals surface area contributed by atoms with E-state index in [-0.39, 0.29) is 5.91 Å². The lowest BCUT2D eigenvalue weighted by Gasteiger charge is -2.30. The Balaban J connectivity index is 1.39. The molecule has 1 amide bonds. The number of carbonyl (C=O) groups excluding carboxylic acids is 1. The van der Waals surface area contributed by atoms with Crippen molar-refractivity contribution in [2.45, 2.75) is 58.3 Å². The number of anilines is 2. The van der Waals surface area contributed by atoms with E-state index in [0.717, 1.165) is 80.1 Å². The SMILES string of the molecule is Cc1cnc(N2CCC3=C(C2)c2ncc(NC(=O)C4=CCCCC4)nc2CCC3)s1. The van der Waals surface area contributed by atoms with Gasteiger partial charge in [0.05, 0.1) is 17.6 Å². The molecular formula is C23H27N5OS. The molecule has 1 N–H and O–H groups in total. The third-order valence-corrected chi connectivity index (χ3v) is 7.16. The van der Waals surface area contributed by atoms with E-state index in [2.05, 4.69) is 28.2 Å². The third kappa shape index (κ3) is 3.90. The highest BCUT2D eigenvalue weighted by atomic mass is 32.1. The van der Waals surface area contributed by atoms with Crippen molar-refractivity contribution in [3.8, 4) is 0 Å². The van der Waals surface area contributed by atoms with Crippen LogP contribution in [0.5, 0.6) is 0 Å². The van der Waals surface area contributed by atoms with E-state index >= 15 is 0 Å². The average molecular weight is 422 g/mol. The minimum atomic E-state index is -0.0274. The fourth-order valence-corrected chi connectivity index (χ4v) is 5.38. The second-order valence-corrected chi connectivity index (χ2v) is 9.55. The Hall–Kier alpha value is -2.54. The predicted molar refractivity (Wildman–Crippen MR) is 121 cm³/mol. The predicted octanol–water partition coefficient (Wildman–Crippen LogP) is 4.68. The van der Waals surface area contributed by atoms with E-state index in [0.29, 0.717) is 5.82 Å². The first-order chi connectivity index (χ1) is 14.7. The highest BCUT2D eigenvalue weighted by Gasteiger charge is 2.27. The highest BCUT2D eigenvalue weighted by Crippen LogP contribution is 2.36. The molecule has 0 radical (unpaired) electrons. The Morgan fingerprint density at radius 2 is 2.03 bits per heavy atom. The van der Waals surface area contributed by atoms with Gasteiger partial charge in [0.1, 0.15) is 0 Å². The zero-order valence-electron chi connectivity index (χ0n) is 17.4. The Labute approximate surface area is 181 Å². The first-order valence-corrected chi connectivity index (χ1v) is 11.7. The van der Waals surface area contributed by atoms with Gasteiger partial charge in [-0.05, 0) is 63.9 Å². The Morgan fingerprint density at radius 1 is 1.10 bits per heavy atom. The molecular weight excluding hydrogens is 394 g/mol. The molecule has 0 unspecified atom stereocenters. The number of thiazole rings is 1. The van der Waals surface area contributed by atoms with Gasteiger partial charge < -0.3 is 10.2 Å². The second-order valence-electron chi connectivity index (χ2n) is 8.34. The van der Waals surface area contributed by atoms with E-state index in [1.165, 1.54) is 22.4 Å².